The Morgan fingerprint density at radius 2 is 2.57 bits per heavy atom. The summed E-state index contributed by atoms with van der Waals surface area (Å²) in [5, 5.41) is 3.79. The molecule has 1 unspecified atom stereocenters. The number of carbonyl (C=O) groups excluding carboxylic acids is 1. The van der Waals surface area contributed by atoms with Crippen LogP contribution in [0.15, 0.2) is 16.9 Å². The fraction of sp³-hybridized carbons (Fsp3) is 0.556. The van der Waals surface area contributed by atoms with Crippen LogP contribution in [0.25, 0.3) is 0 Å². The molecule has 2 heterocycles. The Kier molecular flexibility index (Phi) is 2.86. The normalized spacial score (nSPS) is 22.8. The van der Waals surface area contributed by atoms with Gasteiger partial charge in [-0.25, -0.2) is 0 Å². The minimum atomic E-state index is -0.0249. The quantitative estimate of drug-likeness (QED) is 0.757. The number of aromatic nitrogens is 1. The van der Waals surface area contributed by atoms with Gasteiger partial charge in [0.2, 0.25) is 5.91 Å². The van der Waals surface area contributed by atoms with Crippen molar-refractivity contribution in [2.45, 2.75) is 24.2 Å². The molecule has 0 radical (unpaired) electrons. The van der Waals surface area contributed by atoms with Crippen LogP contribution in [0.3, 0.4) is 0 Å². The molecule has 0 N–H and O–H groups in total. The van der Waals surface area contributed by atoms with Crippen LogP contribution >= 0.6 is 15.9 Å². The van der Waals surface area contributed by atoms with Crippen molar-refractivity contribution in [1.29, 1.82) is 0 Å². The Labute approximate surface area is 90.4 Å². The topological polar surface area (TPSA) is 46.3 Å². The summed E-state index contributed by atoms with van der Waals surface area (Å²) in [4.78, 5) is 13.5. The molecule has 5 heteroatoms. The van der Waals surface area contributed by atoms with E-state index in [0.717, 1.165) is 25.1 Å². The van der Waals surface area contributed by atoms with Crippen LogP contribution in [0.1, 0.15) is 18.5 Å². The molecule has 1 fully saturated rings. The summed E-state index contributed by atoms with van der Waals surface area (Å²) in [6.07, 6.45) is 3.49. The molecule has 0 spiro atoms. The van der Waals surface area contributed by atoms with Crippen molar-refractivity contribution in [3.05, 3.63) is 18.0 Å². The molecule has 0 aromatic carbocycles. The molecule has 0 aliphatic carbocycles. The zero-order chi connectivity index (χ0) is 9.97. The highest BCUT2D eigenvalue weighted by Crippen LogP contribution is 2.19. The smallest absolute Gasteiger partial charge is 0.236 e. The van der Waals surface area contributed by atoms with Gasteiger partial charge in [0, 0.05) is 12.6 Å². The fourth-order valence-electron chi connectivity index (χ4n) is 1.56. The van der Waals surface area contributed by atoms with E-state index in [1.807, 2.05) is 0 Å². The highest BCUT2D eigenvalue weighted by molar-refractivity contribution is 9.10. The lowest BCUT2D eigenvalue weighted by molar-refractivity contribution is -0.133. The zero-order valence-corrected chi connectivity index (χ0v) is 9.24. The van der Waals surface area contributed by atoms with Crippen LogP contribution in [0.4, 0.5) is 0 Å². The summed E-state index contributed by atoms with van der Waals surface area (Å²) >= 11 is 3.36. The lowest BCUT2D eigenvalue weighted by Gasteiger charge is -2.28. The third-order valence-corrected chi connectivity index (χ3v) is 3.16. The van der Waals surface area contributed by atoms with Gasteiger partial charge >= 0.3 is 0 Å². The van der Waals surface area contributed by atoms with Crippen molar-refractivity contribution in [3.8, 4) is 0 Å². The first-order chi connectivity index (χ1) is 6.77. The number of hydrogen-bond donors (Lipinski definition) is 0. The monoisotopic (exact) mass is 258 g/mol. The van der Waals surface area contributed by atoms with E-state index in [9.17, 15) is 4.79 Å². The molecule has 1 aliphatic rings. The second-order valence-corrected chi connectivity index (χ2v) is 4.47. The van der Waals surface area contributed by atoms with E-state index in [4.69, 9.17) is 4.52 Å². The van der Waals surface area contributed by atoms with Gasteiger partial charge in [-0.2, -0.15) is 0 Å². The van der Waals surface area contributed by atoms with Gasteiger partial charge in [0.15, 0.2) is 0 Å². The van der Waals surface area contributed by atoms with Gasteiger partial charge in [0.1, 0.15) is 12.0 Å². The summed E-state index contributed by atoms with van der Waals surface area (Å²) in [5.41, 5.74) is 0.806. The first-order valence-corrected chi connectivity index (χ1v) is 5.51. The predicted molar refractivity (Wildman–Crippen MR) is 53.9 cm³/mol. The molecule has 14 heavy (non-hydrogen) atoms. The van der Waals surface area contributed by atoms with Gasteiger partial charge in [-0.3, -0.25) is 4.79 Å². The third-order valence-electron chi connectivity index (χ3n) is 2.31. The maximum atomic E-state index is 11.7. The molecular formula is C9H11BrN2O2. The average molecular weight is 259 g/mol. The first-order valence-electron chi connectivity index (χ1n) is 4.59. The SMILES string of the molecule is O=C1C(Br)CCCN1Cc1ccon1. The minimum absolute atomic E-state index is 0.0249. The largest absolute Gasteiger partial charge is 0.364 e. The molecule has 76 valence electrons. The molecular weight excluding hydrogens is 248 g/mol. The number of piperidine rings is 1. The Morgan fingerprint density at radius 1 is 1.71 bits per heavy atom. The molecule has 0 saturated carbocycles. The molecule has 2 rings (SSSR count). The van der Waals surface area contributed by atoms with Gasteiger partial charge in [0.05, 0.1) is 11.4 Å². The van der Waals surface area contributed by atoms with Crippen LogP contribution in [-0.4, -0.2) is 27.3 Å². The van der Waals surface area contributed by atoms with Crippen LogP contribution in [0.2, 0.25) is 0 Å². The third kappa shape index (κ3) is 1.97. The molecule has 0 bridgehead atoms. The van der Waals surface area contributed by atoms with Gasteiger partial charge in [-0.1, -0.05) is 21.1 Å². The van der Waals surface area contributed by atoms with E-state index in [0.29, 0.717) is 6.54 Å². The highest BCUT2D eigenvalue weighted by atomic mass is 79.9. The van der Waals surface area contributed by atoms with E-state index in [1.54, 1.807) is 11.0 Å². The van der Waals surface area contributed by atoms with Crippen molar-refractivity contribution in [2.24, 2.45) is 0 Å². The number of carbonyl (C=O) groups is 1. The molecule has 1 aliphatic heterocycles. The van der Waals surface area contributed by atoms with Crippen LogP contribution < -0.4 is 0 Å². The maximum Gasteiger partial charge on any atom is 0.236 e. The fourth-order valence-corrected chi connectivity index (χ4v) is 2.18. The van der Waals surface area contributed by atoms with E-state index < -0.39 is 0 Å². The Balaban J connectivity index is 2.00. The Hall–Kier alpha value is -0.840. The lowest BCUT2D eigenvalue weighted by Crippen LogP contribution is -2.41. The summed E-state index contributed by atoms with van der Waals surface area (Å²) in [5.74, 6) is 0.152. The number of rotatable bonds is 2. The van der Waals surface area contributed by atoms with E-state index in [2.05, 4.69) is 21.1 Å². The van der Waals surface area contributed by atoms with Crippen LogP contribution in [0, 0.1) is 0 Å². The molecule has 1 amide bonds. The van der Waals surface area contributed by atoms with Crippen LogP contribution in [0.5, 0.6) is 0 Å². The molecule has 4 nitrogen and oxygen atoms in total. The Morgan fingerprint density at radius 3 is 3.29 bits per heavy atom. The number of halogens is 1. The van der Waals surface area contributed by atoms with Crippen molar-refractivity contribution < 1.29 is 9.32 Å². The van der Waals surface area contributed by atoms with Crippen LogP contribution in [-0.2, 0) is 11.3 Å². The second kappa shape index (κ2) is 4.13. The van der Waals surface area contributed by atoms with Crippen molar-refractivity contribution >= 4 is 21.8 Å². The van der Waals surface area contributed by atoms with Gasteiger partial charge in [-0.05, 0) is 12.8 Å². The standard InChI is InChI=1S/C9H11BrN2O2/c10-8-2-1-4-12(9(8)13)6-7-3-5-14-11-7/h3,5,8H,1-2,4,6H2. The summed E-state index contributed by atoms with van der Waals surface area (Å²) in [6, 6.07) is 1.78. The summed E-state index contributed by atoms with van der Waals surface area (Å²) in [6.45, 7) is 1.37. The number of hydrogen-bond acceptors (Lipinski definition) is 3. The average Bonchev–Trinajstić information content (AvgIpc) is 2.66. The number of likely N-dealkylation sites (tertiary alicyclic amines) is 1. The van der Waals surface area contributed by atoms with E-state index in [1.165, 1.54) is 6.26 Å². The molecule has 1 aromatic heterocycles. The van der Waals surface area contributed by atoms with Gasteiger partial charge < -0.3 is 9.42 Å². The summed E-state index contributed by atoms with van der Waals surface area (Å²) in [7, 11) is 0. The molecule has 1 atom stereocenters. The van der Waals surface area contributed by atoms with Crippen molar-refractivity contribution in [1.82, 2.24) is 10.1 Å². The molecule has 1 aromatic rings. The number of nitrogens with zero attached hydrogens (tertiary/aromatic N) is 2. The second-order valence-electron chi connectivity index (χ2n) is 3.36. The maximum absolute atomic E-state index is 11.7. The van der Waals surface area contributed by atoms with Crippen molar-refractivity contribution in [2.75, 3.05) is 6.54 Å². The number of amides is 1. The summed E-state index contributed by atoms with van der Waals surface area (Å²) < 4.78 is 4.72. The van der Waals surface area contributed by atoms with Gasteiger partial charge in [0.25, 0.3) is 0 Å². The van der Waals surface area contributed by atoms with Gasteiger partial charge in [-0.15, -0.1) is 0 Å². The van der Waals surface area contributed by atoms with E-state index in [-0.39, 0.29) is 10.7 Å². The minimum Gasteiger partial charge on any atom is -0.364 e. The van der Waals surface area contributed by atoms with Crippen molar-refractivity contribution in [3.63, 3.8) is 0 Å². The number of alkyl halides is 1. The first kappa shape index (κ1) is 9.71. The highest BCUT2D eigenvalue weighted by Gasteiger charge is 2.26. The van der Waals surface area contributed by atoms with E-state index >= 15 is 0 Å². The predicted octanol–water partition coefficient (Wildman–Crippen LogP) is 1.56. The molecule has 1 saturated heterocycles. The Bertz CT molecular complexity index is 313. The lowest BCUT2D eigenvalue weighted by atomic mass is 10.1. The zero-order valence-electron chi connectivity index (χ0n) is 7.65.